The highest BCUT2D eigenvalue weighted by molar-refractivity contribution is 5.13. The van der Waals surface area contributed by atoms with Crippen LogP contribution < -0.4 is 5.73 Å². The monoisotopic (exact) mass is 249 g/mol. The predicted molar refractivity (Wildman–Crippen MR) is 75.5 cm³/mol. The summed E-state index contributed by atoms with van der Waals surface area (Å²) < 4.78 is 2.17. The Morgan fingerprint density at radius 3 is 2.78 bits per heavy atom. The zero-order valence-electron chi connectivity index (χ0n) is 12.1. The van der Waals surface area contributed by atoms with E-state index in [4.69, 9.17) is 5.73 Å². The number of rotatable bonds is 5. The van der Waals surface area contributed by atoms with Crippen LogP contribution in [0.15, 0.2) is 6.07 Å². The van der Waals surface area contributed by atoms with Gasteiger partial charge < -0.3 is 5.73 Å². The molecule has 18 heavy (non-hydrogen) atoms. The van der Waals surface area contributed by atoms with E-state index < -0.39 is 0 Å². The Balaban J connectivity index is 2.19. The van der Waals surface area contributed by atoms with Crippen LogP contribution in [0.3, 0.4) is 0 Å². The first-order valence-electron chi connectivity index (χ1n) is 7.38. The van der Waals surface area contributed by atoms with Crippen molar-refractivity contribution in [1.29, 1.82) is 0 Å². The molecule has 0 amide bonds. The Labute approximate surface area is 111 Å². The maximum atomic E-state index is 6.08. The second-order valence-corrected chi connectivity index (χ2v) is 6.03. The molecule has 0 bridgehead atoms. The van der Waals surface area contributed by atoms with E-state index >= 15 is 0 Å². The van der Waals surface area contributed by atoms with Crippen LogP contribution in [-0.4, -0.2) is 16.3 Å². The van der Waals surface area contributed by atoms with E-state index in [1.54, 1.807) is 0 Å². The van der Waals surface area contributed by atoms with Gasteiger partial charge in [-0.3, -0.25) is 4.68 Å². The van der Waals surface area contributed by atoms with Gasteiger partial charge in [-0.05, 0) is 56.6 Å². The molecule has 1 saturated carbocycles. The highest BCUT2D eigenvalue weighted by Crippen LogP contribution is 2.43. The summed E-state index contributed by atoms with van der Waals surface area (Å²) >= 11 is 0. The van der Waals surface area contributed by atoms with E-state index in [1.165, 1.54) is 30.7 Å². The maximum absolute atomic E-state index is 6.08. The van der Waals surface area contributed by atoms with Gasteiger partial charge in [-0.1, -0.05) is 20.3 Å². The summed E-state index contributed by atoms with van der Waals surface area (Å²) in [6.45, 7) is 8.47. The van der Waals surface area contributed by atoms with Crippen molar-refractivity contribution in [2.75, 3.05) is 6.54 Å². The fourth-order valence-electron chi connectivity index (χ4n) is 3.40. The molecule has 1 aromatic heterocycles. The summed E-state index contributed by atoms with van der Waals surface area (Å²) in [5.74, 6) is 0.831. The Bertz CT molecular complexity index is 396. The molecule has 1 aromatic rings. The minimum absolute atomic E-state index is 0.331. The normalized spacial score (nSPS) is 27.9. The van der Waals surface area contributed by atoms with Crippen molar-refractivity contribution in [1.82, 2.24) is 9.78 Å². The fraction of sp³-hybridized carbons (Fsp3) is 0.800. The van der Waals surface area contributed by atoms with Crippen LogP contribution in [0.4, 0.5) is 0 Å². The average molecular weight is 249 g/mol. The van der Waals surface area contributed by atoms with Gasteiger partial charge in [-0.25, -0.2) is 0 Å². The Kier molecular flexibility index (Phi) is 4.10. The molecule has 1 aliphatic carbocycles. The summed E-state index contributed by atoms with van der Waals surface area (Å²) in [4.78, 5) is 0. The van der Waals surface area contributed by atoms with E-state index in [0.29, 0.717) is 5.41 Å². The number of nitrogens with zero attached hydrogens (tertiary/aromatic N) is 2. The second kappa shape index (κ2) is 5.43. The largest absolute Gasteiger partial charge is 0.330 e. The van der Waals surface area contributed by atoms with Gasteiger partial charge in [0.1, 0.15) is 0 Å². The highest BCUT2D eigenvalue weighted by Gasteiger charge is 2.37. The number of aromatic nitrogens is 2. The Morgan fingerprint density at radius 2 is 2.28 bits per heavy atom. The number of aryl methyl sites for hydroxylation is 2. The van der Waals surface area contributed by atoms with Crippen LogP contribution in [0.2, 0.25) is 0 Å². The lowest BCUT2D eigenvalue weighted by Gasteiger charge is -2.27. The molecular weight excluding hydrogens is 222 g/mol. The number of nitrogens with two attached hydrogens (primary N) is 1. The molecule has 1 aliphatic rings. The zero-order chi connectivity index (χ0) is 13.2. The van der Waals surface area contributed by atoms with Crippen molar-refractivity contribution in [3.63, 3.8) is 0 Å². The molecular formula is C15H27N3. The third-order valence-electron chi connectivity index (χ3n) is 4.51. The van der Waals surface area contributed by atoms with Crippen LogP contribution in [0.5, 0.6) is 0 Å². The maximum Gasteiger partial charge on any atom is 0.0624 e. The van der Waals surface area contributed by atoms with E-state index in [-0.39, 0.29) is 0 Å². The molecule has 102 valence electrons. The lowest BCUT2D eigenvalue weighted by molar-refractivity contribution is 0.287. The Morgan fingerprint density at radius 1 is 1.50 bits per heavy atom. The molecule has 0 radical (unpaired) electrons. The molecule has 0 spiro atoms. The first kappa shape index (κ1) is 13.6. The highest BCUT2D eigenvalue weighted by atomic mass is 15.3. The third-order valence-corrected chi connectivity index (χ3v) is 4.51. The standard InChI is InChI=1S/C15H27N3/c1-4-13-8-14(18(5-2)17-13)10-15(11-16)7-6-12(3)9-15/h8,12H,4-7,9-11,16H2,1-3H3. The van der Waals surface area contributed by atoms with E-state index in [2.05, 4.69) is 36.6 Å². The molecule has 0 aliphatic heterocycles. The van der Waals surface area contributed by atoms with Crippen molar-refractivity contribution >= 4 is 0 Å². The molecule has 3 heteroatoms. The molecule has 2 N–H and O–H groups in total. The van der Waals surface area contributed by atoms with Crippen LogP contribution in [0.25, 0.3) is 0 Å². The first-order chi connectivity index (χ1) is 8.62. The number of hydrogen-bond donors (Lipinski definition) is 1. The first-order valence-corrected chi connectivity index (χ1v) is 7.38. The topological polar surface area (TPSA) is 43.8 Å². The van der Waals surface area contributed by atoms with E-state index in [9.17, 15) is 0 Å². The predicted octanol–water partition coefficient (Wildman–Crippen LogP) is 2.77. The fourth-order valence-corrected chi connectivity index (χ4v) is 3.40. The van der Waals surface area contributed by atoms with Crippen LogP contribution in [-0.2, 0) is 19.4 Å². The smallest absolute Gasteiger partial charge is 0.0624 e. The minimum atomic E-state index is 0.331. The molecule has 2 unspecified atom stereocenters. The molecule has 1 heterocycles. The van der Waals surface area contributed by atoms with Gasteiger partial charge in [0.2, 0.25) is 0 Å². The van der Waals surface area contributed by atoms with Gasteiger partial charge in [0.15, 0.2) is 0 Å². The van der Waals surface area contributed by atoms with Crippen molar-refractivity contribution in [2.24, 2.45) is 17.1 Å². The molecule has 2 atom stereocenters. The van der Waals surface area contributed by atoms with Crippen LogP contribution in [0.1, 0.15) is 51.4 Å². The van der Waals surface area contributed by atoms with Gasteiger partial charge in [-0.15, -0.1) is 0 Å². The van der Waals surface area contributed by atoms with E-state index in [0.717, 1.165) is 31.8 Å². The lowest BCUT2D eigenvalue weighted by atomic mass is 9.81. The van der Waals surface area contributed by atoms with Crippen molar-refractivity contribution in [3.05, 3.63) is 17.5 Å². The average Bonchev–Trinajstić information content (AvgIpc) is 2.94. The second-order valence-electron chi connectivity index (χ2n) is 6.03. The van der Waals surface area contributed by atoms with Crippen molar-refractivity contribution < 1.29 is 0 Å². The summed E-state index contributed by atoms with van der Waals surface area (Å²) in [7, 11) is 0. The zero-order valence-corrected chi connectivity index (χ0v) is 12.1. The van der Waals surface area contributed by atoms with Crippen LogP contribution in [0, 0.1) is 11.3 Å². The minimum Gasteiger partial charge on any atom is -0.330 e. The molecule has 1 fully saturated rings. The van der Waals surface area contributed by atoms with Crippen molar-refractivity contribution in [3.8, 4) is 0 Å². The van der Waals surface area contributed by atoms with Gasteiger partial charge in [0.05, 0.1) is 5.69 Å². The van der Waals surface area contributed by atoms with E-state index in [1.807, 2.05) is 0 Å². The third kappa shape index (κ3) is 2.61. The van der Waals surface area contributed by atoms with Gasteiger partial charge in [0.25, 0.3) is 0 Å². The van der Waals surface area contributed by atoms with Gasteiger partial charge in [0, 0.05) is 12.2 Å². The molecule has 0 saturated heterocycles. The summed E-state index contributed by atoms with van der Waals surface area (Å²) in [5.41, 5.74) is 9.01. The van der Waals surface area contributed by atoms with Crippen LogP contribution >= 0.6 is 0 Å². The summed E-state index contributed by atoms with van der Waals surface area (Å²) in [6, 6.07) is 2.28. The van der Waals surface area contributed by atoms with Crippen molar-refractivity contribution in [2.45, 2.75) is 59.4 Å². The lowest BCUT2D eigenvalue weighted by Crippen LogP contribution is -2.31. The van der Waals surface area contributed by atoms with Gasteiger partial charge in [-0.2, -0.15) is 5.10 Å². The molecule has 0 aromatic carbocycles. The SMILES string of the molecule is CCc1cc(CC2(CN)CCC(C)C2)n(CC)n1. The summed E-state index contributed by atoms with van der Waals surface area (Å²) in [6.07, 6.45) is 6.01. The quantitative estimate of drug-likeness (QED) is 0.872. The molecule has 3 nitrogen and oxygen atoms in total. The Hall–Kier alpha value is -0.830. The van der Waals surface area contributed by atoms with Gasteiger partial charge >= 0.3 is 0 Å². The summed E-state index contributed by atoms with van der Waals surface area (Å²) in [5, 5.41) is 4.65. The molecule has 2 rings (SSSR count). The number of hydrogen-bond acceptors (Lipinski definition) is 2.